The molecule has 0 amide bonds. The predicted molar refractivity (Wildman–Crippen MR) is 80.9 cm³/mol. The summed E-state index contributed by atoms with van der Waals surface area (Å²) < 4.78 is 4.59. The van der Waals surface area contributed by atoms with Gasteiger partial charge in [-0.2, -0.15) is 0 Å². The van der Waals surface area contributed by atoms with Crippen molar-refractivity contribution < 1.29 is 14.3 Å². The fraction of sp³-hybridized carbons (Fsp3) is 0.294. The van der Waals surface area contributed by atoms with Crippen LogP contribution in [0, 0.1) is 0 Å². The Morgan fingerprint density at radius 1 is 1.29 bits per heavy atom. The van der Waals surface area contributed by atoms with Gasteiger partial charge in [-0.1, -0.05) is 42.5 Å². The second-order valence-corrected chi connectivity index (χ2v) is 5.02. The largest absolute Gasteiger partial charge is 0.468 e. The van der Waals surface area contributed by atoms with Gasteiger partial charge in [-0.05, 0) is 24.8 Å². The molecule has 0 heterocycles. The molecule has 0 aromatic heterocycles. The first-order chi connectivity index (χ1) is 10.1. The van der Waals surface area contributed by atoms with Crippen molar-refractivity contribution in [1.82, 2.24) is 0 Å². The first-order valence-corrected chi connectivity index (χ1v) is 6.94. The van der Waals surface area contributed by atoms with Crippen molar-refractivity contribution in [2.45, 2.75) is 25.3 Å². The van der Waals surface area contributed by atoms with Gasteiger partial charge in [0.15, 0.2) is 5.78 Å². The van der Waals surface area contributed by atoms with Crippen LogP contribution in [-0.4, -0.2) is 24.9 Å². The average Bonchev–Trinajstić information content (AvgIpc) is 2.55. The molecule has 1 atom stereocenters. The van der Waals surface area contributed by atoms with Crippen LogP contribution in [0.5, 0.6) is 0 Å². The van der Waals surface area contributed by atoms with E-state index in [-0.39, 0.29) is 5.78 Å². The molecule has 0 spiro atoms. The maximum Gasteiger partial charge on any atom is 0.322 e. The minimum Gasteiger partial charge on any atom is -0.468 e. The SMILES string of the molecule is COC(=O)C(N)Cc1ccc(C(=O)C2=CC=CCC2)cc1. The van der Waals surface area contributed by atoms with E-state index >= 15 is 0 Å². The highest BCUT2D eigenvalue weighted by Crippen LogP contribution is 2.18. The number of allylic oxidation sites excluding steroid dienone is 4. The van der Waals surface area contributed by atoms with Crippen molar-refractivity contribution >= 4 is 11.8 Å². The summed E-state index contributed by atoms with van der Waals surface area (Å²) in [6.07, 6.45) is 7.92. The first kappa shape index (κ1) is 15.2. The molecule has 0 aliphatic heterocycles. The number of carbonyl (C=O) groups excluding carboxylic acids is 2. The van der Waals surface area contributed by atoms with Gasteiger partial charge in [0.25, 0.3) is 0 Å². The van der Waals surface area contributed by atoms with Crippen molar-refractivity contribution in [1.29, 1.82) is 0 Å². The second kappa shape index (κ2) is 6.99. The molecular formula is C17H19NO3. The number of hydrogen-bond acceptors (Lipinski definition) is 4. The van der Waals surface area contributed by atoms with Gasteiger partial charge in [-0.3, -0.25) is 9.59 Å². The third-order valence-corrected chi connectivity index (χ3v) is 3.48. The number of methoxy groups -OCH3 is 1. The number of carbonyl (C=O) groups is 2. The molecule has 0 saturated carbocycles. The zero-order chi connectivity index (χ0) is 15.2. The van der Waals surface area contributed by atoms with Crippen LogP contribution >= 0.6 is 0 Å². The fourth-order valence-electron chi connectivity index (χ4n) is 2.26. The number of benzene rings is 1. The normalized spacial score (nSPS) is 15.2. The molecule has 110 valence electrons. The van der Waals surface area contributed by atoms with E-state index in [0.717, 1.165) is 24.0 Å². The zero-order valence-electron chi connectivity index (χ0n) is 12.0. The Morgan fingerprint density at radius 2 is 2.00 bits per heavy atom. The van der Waals surface area contributed by atoms with Crippen LogP contribution in [0.3, 0.4) is 0 Å². The Hall–Kier alpha value is -2.20. The van der Waals surface area contributed by atoms with Gasteiger partial charge < -0.3 is 10.5 Å². The highest BCUT2D eigenvalue weighted by molar-refractivity contribution is 6.09. The molecule has 2 rings (SSSR count). The first-order valence-electron chi connectivity index (χ1n) is 6.94. The number of nitrogens with two attached hydrogens (primary N) is 1. The quantitative estimate of drug-likeness (QED) is 0.665. The van der Waals surface area contributed by atoms with Gasteiger partial charge in [0.05, 0.1) is 7.11 Å². The minimum absolute atomic E-state index is 0.0585. The van der Waals surface area contributed by atoms with Crippen molar-refractivity contribution in [2.24, 2.45) is 5.73 Å². The average molecular weight is 285 g/mol. The molecule has 0 bridgehead atoms. The van der Waals surface area contributed by atoms with Gasteiger partial charge >= 0.3 is 5.97 Å². The van der Waals surface area contributed by atoms with Crippen molar-refractivity contribution in [3.63, 3.8) is 0 Å². The molecule has 0 fully saturated rings. The van der Waals surface area contributed by atoms with Crippen LogP contribution in [0.15, 0.2) is 48.1 Å². The third kappa shape index (κ3) is 3.89. The molecule has 2 N–H and O–H groups in total. The van der Waals surface area contributed by atoms with Crippen LogP contribution in [0.1, 0.15) is 28.8 Å². The molecular weight excluding hydrogens is 266 g/mol. The summed E-state index contributed by atoms with van der Waals surface area (Å²) in [7, 11) is 1.32. The Morgan fingerprint density at radius 3 is 2.57 bits per heavy atom. The third-order valence-electron chi connectivity index (χ3n) is 3.48. The summed E-state index contributed by atoms with van der Waals surface area (Å²) in [5.74, 6) is -0.377. The molecule has 4 heteroatoms. The maximum atomic E-state index is 12.3. The molecule has 1 aromatic carbocycles. The lowest BCUT2D eigenvalue weighted by Gasteiger charge is -2.11. The van der Waals surface area contributed by atoms with Gasteiger partial charge in [0.1, 0.15) is 6.04 Å². The minimum atomic E-state index is -0.678. The maximum absolute atomic E-state index is 12.3. The van der Waals surface area contributed by atoms with Crippen molar-refractivity contribution in [3.05, 3.63) is 59.2 Å². The van der Waals surface area contributed by atoms with E-state index in [2.05, 4.69) is 4.74 Å². The van der Waals surface area contributed by atoms with E-state index in [0.29, 0.717) is 12.0 Å². The molecule has 0 saturated heterocycles. The Balaban J connectivity index is 2.05. The monoisotopic (exact) mass is 285 g/mol. The number of ketones is 1. The standard InChI is InChI=1S/C17H19NO3/c1-21-17(20)15(18)11-12-7-9-14(10-8-12)16(19)13-5-3-2-4-6-13/h2-3,5,7-10,15H,4,6,11,18H2,1H3. The smallest absolute Gasteiger partial charge is 0.322 e. The molecule has 0 radical (unpaired) electrons. The highest BCUT2D eigenvalue weighted by atomic mass is 16.5. The molecule has 1 unspecified atom stereocenters. The molecule has 1 aliphatic carbocycles. The molecule has 21 heavy (non-hydrogen) atoms. The summed E-state index contributed by atoms with van der Waals surface area (Å²) in [6.45, 7) is 0. The van der Waals surface area contributed by atoms with E-state index in [4.69, 9.17) is 5.73 Å². The lowest BCUT2D eigenvalue weighted by atomic mass is 9.95. The summed E-state index contributed by atoms with van der Waals surface area (Å²) in [4.78, 5) is 23.6. The zero-order valence-corrected chi connectivity index (χ0v) is 12.0. The molecule has 4 nitrogen and oxygen atoms in total. The lowest BCUT2D eigenvalue weighted by molar-refractivity contribution is -0.142. The van der Waals surface area contributed by atoms with Gasteiger partial charge in [-0.15, -0.1) is 0 Å². The van der Waals surface area contributed by atoms with E-state index in [1.54, 1.807) is 12.1 Å². The topological polar surface area (TPSA) is 69.4 Å². The Bertz CT molecular complexity index is 585. The van der Waals surface area contributed by atoms with Gasteiger partial charge in [0.2, 0.25) is 0 Å². The van der Waals surface area contributed by atoms with E-state index in [1.165, 1.54) is 7.11 Å². The van der Waals surface area contributed by atoms with Crippen molar-refractivity contribution in [3.8, 4) is 0 Å². The fourth-order valence-corrected chi connectivity index (χ4v) is 2.26. The van der Waals surface area contributed by atoms with Crippen LogP contribution in [-0.2, 0) is 16.0 Å². The van der Waals surface area contributed by atoms with Crippen molar-refractivity contribution in [2.75, 3.05) is 7.11 Å². The van der Waals surface area contributed by atoms with Gasteiger partial charge in [0, 0.05) is 11.1 Å². The number of esters is 1. The lowest BCUT2D eigenvalue weighted by Crippen LogP contribution is -2.33. The second-order valence-electron chi connectivity index (χ2n) is 5.02. The Kier molecular flexibility index (Phi) is 5.06. The number of hydrogen-bond donors (Lipinski definition) is 1. The van der Waals surface area contributed by atoms with Gasteiger partial charge in [-0.25, -0.2) is 0 Å². The van der Waals surface area contributed by atoms with E-state index in [1.807, 2.05) is 30.4 Å². The van der Waals surface area contributed by atoms with Crippen LogP contribution in [0.25, 0.3) is 0 Å². The van der Waals surface area contributed by atoms with Crippen LogP contribution in [0.4, 0.5) is 0 Å². The number of ether oxygens (including phenoxy) is 1. The summed E-state index contributed by atoms with van der Waals surface area (Å²) >= 11 is 0. The molecule has 1 aromatic rings. The number of Topliss-reactive ketones (excluding diaryl/α,β-unsaturated/α-hetero) is 1. The van der Waals surface area contributed by atoms with E-state index < -0.39 is 12.0 Å². The molecule has 1 aliphatic rings. The van der Waals surface area contributed by atoms with Crippen LogP contribution < -0.4 is 5.73 Å². The Labute approximate surface area is 124 Å². The summed E-state index contributed by atoms with van der Waals surface area (Å²) in [5.41, 5.74) is 8.11. The summed E-state index contributed by atoms with van der Waals surface area (Å²) in [6, 6.07) is 6.54. The predicted octanol–water partition coefficient (Wildman–Crippen LogP) is 2.19. The highest BCUT2D eigenvalue weighted by Gasteiger charge is 2.16. The van der Waals surface area contributed by atoms with Crippen LogP contribution in [0.2, 0.25) is 0 Å². The van der Waals surface area contributed by atoms with E-state index in [9.17, 15) is 9.59 Å². The summed E-state index contributed by atoms with van der Waals surface area (Å²) in [5, 5.41) is 0. The number of rotatable bonds is 5.